The molecule has 0 heterocycles. The Morgan fingerprint density at radius 2 is 1.75 bits per heavy atom. The first-order chi connectivity index (χ1) is 7.54. The second-order valence-electron chi connectivity index (χ2n) is 3.26. The fourth-order valence-corrected chi connectivity index (χ4v) is 1.13. The number of alkyl halides is 3. The lowest BCUT2D eigenvalue weighted by molar-refractivity contribution is -0.137. The van der Waals surface area contributed by atoms with Gasteiger partial charge in [0.25, 0.3) is 0 Å². The summed E-state index contributed by atoms with van der Waals surface area (Å²) in [7, 11) is 1.78. The van der Waals surface area contributed by atoms with E-state index < -0.39 is 11.7 Å². The molecule has 1 N–H and O–H groups in total. The van der Waals surface area contributed by atoms with Crippen molar-refractivity contribution >= 4 is 0 Å². The second-order valence-corrected chi connectivity index (χ2v) is 3.26. The van der Waals surface area contributed by atoms with Crippen LogP contribution in [-0.4, -0.2) is 13.6 Å². The van der Waals surface area contributed by atoms with E-state index in [0.717, 1.165) is 17.7 Å². The van der Waals surface area contributed by atoms with Gasteiger partial charge in [-0.25, -0.2) is 0 Å². The van der Waals surface area contributed by atoms with Crippen LogP contribution in [0.2, 0.25) is 0 Å². The molecule has 0 saturated carbocycles. The molecule has 0 spiro atoms. The summed E-state index contributed by atoms with van der Waals surface area (Å²) in [5, 5.41) is 2.86. The van der Waals surface area contributed by atoms with Crippen molar-refractivity contribution in [3.63, 3.8) is 0 Å². The molecule has 0 aliphatic carbocycles. The molecule has 0 aromatic heterocycles. The van der Waals surface area contributed by atoms with Gasteiger partial charge in [0.1, 0.15) is 0 Å². The summed E-state index contributed by atoms with van der Waals surface area (Å²) in [5.41, 5.74) is 0.163. The predicted molar refractivity (Wildman–Crippen MR) is 56.9 cm³/mol. The molecule has 0 fully saturated rings. The summed E-state index contributed by atoms with van der Waals surface area (Å²) in [6, 6.07) is 5.07. The summed E-state index contributed by atoms with van der Waals surface area (Å²) >= 11 is 0. The Morgan fingerprint density at radius 3 is 2.25 bits per heavy atom. The van der Waals surface area contributed by atoms with Crippen molar-refractivity contribution in [3.05, 3.63) is 35.4 Å². The minimum absolute atomic E-state index is 0.472. The molecule has 1 aromatic rings. The van der Waals surface area contributed by atoms with Crippen LogP contribution in [0.1, 0.15) is 11.1 Å². The Kier molecular flexibility index (Phi) is 4.39. The monoisotopic (exact) mass is 227 g/mol. The third-order valence-corrected chi connectivity index (χ3v) is 1.96. The predicted octanol–water partition coefficient (Wildman–Crippen LogP) is 2.47. The van der Waals surface area contributed by atoms with Crippen LogP contribution in [0.15, 0.2) is 24.3 Å². The van der Waals surface area contributed by atoms with E-state index in [9.17, 15) is 13.2 Å². The summed E-state index contributed by atoms with van der Waals surface area (Å²) in [6.07, 6.45) is -3.80. The smallest absolute Gasteiger partial charge is 0.309 e. The first-order valence-electron chi connectivity index (χ1n) is 4.80. The Labute approximate surface area is 92.7 Å². The molecule has 0 radical (unpaired) electrons. The van der Waals surface area contributed by atoms with Gasteiger partial charge in [-0.2, -0.15) is 13.2 Å². The highest BCUT2D eigenvalue weighted by molar-refractivity contribution is 5.27. The van der Waals surface area contributed by atoms with E-state index in [1.165, 1.54) is 12.1 Å². The maximum atomic E-state index is 12.2. The van der Waals surface area contributed by atoms with Crippen molar-refractivity contribution in [1.29, 1.82) is 0 Å². The fraction of sp³-hybridized carbons (Fsp3) is 0.333. The van der Waals surface area contributed by atoms with Gasteiger partial charge in [-0.05, 0) is 24.7 Å². The number of rotatable bonds is 2. The quantitative estimate of drug-likeness (QED) is 0.765. The maximum absolute atomic E-state index is 12.2. The Bertz CT molecular complexity index is 381. The van der Waals surface area contributed by atoms with E-state index in [1.54, 1.807) is 7.05 Å². The average Bonchev–Trinajstić information content (AvgIpc) is 2.24. The molecular weight excluding hydrogens is 215 g/mol. The van der Waals surface area contributed by atoms with Crippen LogP contribution in [0.25, 0.3) is 0 Å². The van der Waals surface area contributed by atoms with E-state index >= 15 is 0 Å². The molecule has 4 heteroatoms. The molecular formula is C12H12F3N. The van der Waals surface area contributed by atoms with Crippen LogP contribution in [0.5, 0.6) is 0 Å². The molecule has 16 heavy (non-hydrogen) atoms. The Hall–Kier alpha value is -1.47. The summed E-state index contributed by atoms with van der Waals surface area (Å²) < 4.78 is 36.7. The molecule has 0 amide bonds. The Balaban J connectivity index is 2.63. The van der Waals surface area contributed by atoms with Crippen LogP contribution in [0.3, 0.4) is 0 Å². The number of nitrogens with one attached hydrogen (secondary N) is 1. The van der Waals surface area contributed by atoms with Gasteiger partial charge >= 0.3 is 6.18 Å². The van der Waals surface area contributed by atoms with E-state index in [-0.39, 0.29) is 0 Å². The molecule has 0 aliphatic rings. The van der Waals surface area contributed by atoms with Gasteiger partial charge in [0.05, 0.1) is 12.1 Å². The highest BCUT2D eigenvalue weighted by atomic mass is 19.4. The fourth-order valence-electron chi connectivity index (χ4n) is 1.13. The zero-order chi connectivity index (χ0) is 12.0. The van der Waals surface area contributed by atoms with Crippen LogP contribution in [0, 0.1) is 11.8 Å². The number of hydrogen-bond donors (Lipinski definition) is 1. The molecule has 0 saturated heterocycles. The summed E-state index contributed by atoms with van der Waals surface area (Å²) in [6.45, 7) is 0.584. The minimum atomic E-state index is -4.27. The molecule has 0 atom stereocenters. The number of benzene rings is 1. The zero-order valence-electron chi connectivity index (χ0n) is 8.86. The lowest BCUT2D eigenvalue weighted by atomic mass is 10.1. The third-order valence-electron chi connectivity index (χ3n) is 1.96. The standard InChI is InChI=1S/C12H12F3N/c1-16-9-3-2-4-10-5-7-11(8-6-10)12(13,14)15/h5-8,16H,4,9H2,1H3. The topological polar surface area (TPSA) is 12.0 Å². The largest absolute Gasteiger partial charge is 0.416 e. The van der Waals surface area contributed by atoms with Crippen LogP contribution in [-0.2, 0) is 12.6 Å². The van der Waals surface area contributed by atoms with E-state index in [0.29, 0.717) is 13.0 Å². The molecule has 0 bridgehead atoms. The molecule has 0 unspecified atom stereocenters. The first-order valence-corrected chi connectivity index (χ1v) is 4.80. The summed E-state index contributed by atoms with van der Waals surface area (Å²) in [4.78, 5) is 0. The molecule has 0 aliphatic heterocycles. The van der Waals surface area contributed by atoms with Crippen LogP contribution in [0.4, 0.5) is 13.2 Å². The normalized spacial score (nSPS) is 10.8. The average molecular weight is 227 g/mol. The third kappa shape index (κ3) is 3.95. The second kappa shape index (κ2) is 5.57. The highest BCUT2D eigenvalue weighted by Crippen LogP contribution is 2.28. The molecule has 1 nitrogen and oxygen atoms in total. The number of hydrogen-bond acceptors (Lipinski definition) is 1. The zero-order valence-corrected chi connectivity index (χ0v) is 8.86. The van der Waals surface area contributed by atoms with Crippen molar-refractivity contribution in [1.82, 2.24) is 5.32 Å². The molecule has 1 aromatic carbocycles. The lowest BCUT2D eigenvalue weighted by Crippen LogP contribution is -2.05. The highest BCUT2D eigenvalue weighted by Gasteiger charge is 2.29. The SMILES string of the molecule is CNCC#CCc1ccc(C(F)(F)F)cc1. The van der Waals surface area contributed by atoms with Crippen molar-refractivity contribution in [2.45, 2.75) is 12.6 Å². The van der Waals surface area contributed by atoms with Crippen molar-refractivity contribution in [2.24, 2.45) is 0 Å². The van der Waals surface area contributed by atoms with E-state index in [2.05, 4.69) is 17.2 Å². The van der Waals surface area contributed by atoms with Gasteiger partial charge in [0, 0.05) is 6.42 Å². The van der Waals surface area contributed by atoms with Crippen molar-refractivity contribution in [3.8, 4) is 11.8 Å². The molecule has 1 rings (SSSR count). The minimum Gasteiger partial charge on any atom is -0.309 e. The number of halogens is 3. The van der Waals surface area contributed by atoms with Gasteiger partial charge in [0.15, 0.2) is 0 Å². The molecule has 86 valence electrons. The summed E-state index contributed by atoms with van der Waals surface area (Å²) in [5.74, 6) is 5.71. The van der Waals surface area contributed by atoms with Crippen LogP contribution < -0.4 is 5.32 Å². The maximum Gasteiger partial charge on any atom is 0.416 e. The van der Waals surface area contributed by atoms with Gasteiger partial charge in [0.2, 0.25) is 0 Å². The lowest BCUT2D eigenvalue weighted by Gasteiger charge is -2.06. The van der Waals surface area contributed by atoms with Gasteiger partial charge in [-0.3, -0.25) is 0 Å². The van der Waals surface area contributed by atoms with Gasteiger partial charge in [-0.15, -0.1) is 0 Å². The van der Waals surface area contributed by atoms with Gasteiger partial charge < -0.3 is 5.32 Å². The first kappa shape index (κ1) is 12.6. The van der Waals surface area contributed by atoms with Crippen LogP contribution >= 0.6 is 0 Å². The van der Waals surface area contributed by atoms with E-state index in [1.807, 2.05) is 0 Å². The van der Waals surface area contributed by atoms with E-state index in [4.69, 9.17) is 0 Å². The van der Waals surface area contributed by atoms with Crippen molar-refractivity contribution < 1.29 is 13.2 Å². The van der Waals surface area contributed by atoms with Gasteiger partial charge in [-0.1, -0.05) is 24.0 Å². The van der Waals surface area contributed by atoms with Crippen molar-refractivity contribution in [2.75, 3.05) is 13.6 Å². The Morgan fingerprint density at radius 1 is 1.12 bits per heavy atom.